The van der Waals surface area contributed by atoms with Gasteiger partial charge in [-0.2, -0.15) is 5.10 Å². The number of ether oxygens (including phenoxy) is 1. The number of esters is 1. The van der Waals surface area contributed by atoms with Crippen molar-refractivity contribution in [2.24, 2.45) is 0 Å². The molecule has 7 heteroatoms. The molecule has 7 nitrogen and oxygen atoms in total. The van der Waals surface area contributed by atoms with E-state index >= 15 is 0 Å². The molecule has 134 valence electrons. The standard InChI is InChI=1S/C19H20N4O3/c1-11(2)23-17-14(10-20-23)9-16(12(3)21-17)18(24)22-15-7-5-6-13(8-15)19(25)26-4/h5-11H,1-4H3,(H,22,24). The molecule has 0 unspecified atom stereocenters. The maximum Gasteiger partial charge on any atom is 0.337 e. The first-order valence-electron chi connectivity index (χ1n) is 8.25. The number of aryl methyl sites for hydroxylation is 1. The minimum Gasteiger partial charge on any atom is -0.465 e. The van der Waals surface area contributed by atoms with Crippen LogP contribution in [-0.2, 0) is 4.74 Å². The number of nitrogens with zero attached hydrogens (tertiary/aromatic N) is 3. The van der Waals surface area contributed by atoms with Crippen LogP contribution in [0.25, 0.3) is 11.0 Å². The lowest BCUT2D eigenvalue weighted by Crippen LogP contribution is -2.15. The van der Waals surface area contributed by atoms with Crippen LogP contribution in [0.3, 0.4) is 0 Å². The molecule has 0 aliphatic heterocycles. The smallest absolute Gasteiger partial charge is 0.337 e. The molecule has 0 bridgehead atoms. The summed E-state index contributed by atoms with van der Waals surface area (Å²) < 4.78 is 6.52. The summed E-state index contributed by atoms with van der Waals surface area (Å²) in [5.41, 5.74) is 2.71. The molecule has 2 aromatic heterocycles. The maximum atomic E-state index is 12.7. The van der Waals surface area contributed by atoms with Crippen molar-refractivity contribution in [3.05, 3.63) is 53.3 Å². The summed E-state index contributed by atoms with van der Waals surface area (Å²) in [7, 11) is 1.31. The third-order valence-corrected chi connectivity index (χ3v) is 4.03. The van der Waals surface area contributed by atoms with Crippen molar-refractivity contribution in [1.29, 1.82) is 0 Å². The molecule has 0 spiro atoms. The second-order valence-corrected chi connectivity index (χ2v) is 6.24. The number of benzene rings is 1. The molecule has 0 radical (unpaired) electrons. The first-order chi connectivity index (χ1) is 12.4. The van der Waals surface area contributed by atoms with Gasteiger partial charge in [0.05, 0.1) is 30.1 Å². The summed E-state index contributed by atoms with van der Waals surface area (Å²) in [4.78, 5) is 28.8. The van der Waals surface area contributed by atoms with Crippen molar-refractivity contribution < 1.29 is 14.3 Å². The second kappa shape index (κ2) is 6.95. The number of anilines is 1. The molecule has 0 aliphatic carbocycles. The van der Waals surface area contributed by atoms with E-state index in [4.69, 9.17) is 4.74 Å². The Labute approximate surface area is 151 Å². The lowest BCUT2D eigenvalue weighted by atomic mass is 10.1. The molecular formula is C19H20N4O3. The average molecular weight is 352 g/mol. The predicted octanol–water partition coefficient (Wildman–Crippen LogP) is 3.36. The number of carbonyl (C=O) groups excluding carboxylic acids is 2. The molecule has 1 N–H and O–H groups in total. The van der Waals surface area contributed by atoms with Crippen LogP contribution in [0.4, 0.5) is 5.69 Å². The van der Waals surface area contributed by atoms with E-state index in [-0.39, 0.29) is 11.9 Å². The van der Waals surface area contributed by atoms with Gasteiger partial charge in [-0.05, 0) is 45.0 Å². The SMILES string of the molecule is COC(=O)c1cccc(NC(=O)c2cc3cnn(C(C)C)c3nc2C)c1. The van der Waals surface area contributed by atoms with Gasteiger partial charge >= 0.3 is 5.97 Å². The van der Waals surface area contributed by atoms with Gasteiger partial charge in [0.15, 0.2) is 5.65 Å². The molecule has 26 heavy (non-hydrogen) atoms. The number of hydrogen-bond donors (Lipinski definition) is 1. The topological polar surface area (TPSA) is 86.1 Å². The Morgan fingerprint density at radius 1 is 1.23 bits per heavy atom. The highest BCUT2D eigenvalue weighted by molar-refractivity contribution is 6.07. The predicted molar refractivity (Wildman–Crippen MR) is 98.4 cm³/mol. The summed E-state index contributed by atoms with van der Waals surface area (Å²) >= 11 is 0. The van der Waals surface area contributed by atoms with Crippen LogP contribution in [0, 0.1) is 6.92 Å². The Balaban J connectivity index is 1.91. The van der Waals surface area contributed by atoms with Gasteiger partial charge in [-0.25, -0.2) is 14.5 Å². The first-order valence-corrected chi connectivity index (χ1v) is 8.25. The highest BCUT2D eigenvalue weighted by atomic mass is 16.5. The molecule has 0 atom stereocenters. The van der Waals surface area contributed by atoms with E-state index in [0.717, 1.165) is 11.0 Å². The molecule has 1 amide bonds. The number of aromatic nitrogens is 3. The minimum absolute atomic E-state index is 0.181. The fraction of sp³-hybridized carbons (Fsp3) is 0.263. The molecule has 2 heterocycles. The monoisotopic (exact) mass is 352 g/mol. The van der Waals surface area contributed by atoms with Crippen LogP contribution >= 0.6 is 0 Å². The van der Waals surface area contributed by atoms with Gasteiger partial charge in [-0.1, -0.05) is 6.07 Å². The van der Waals surface area contributed by atoms with E-state index in [2.05, 4.69) is 15.4 Å². The number of rotatable bonds is 4. The van der Waals surface area contributed by atoms with Crippen LogP contribution in [-0.4, -0.2) is 33.8 Å². The van der Waals surface area contributed by atoms with Gasteiger partial charge in [0.1, 0.15) is 0 Å². The number of hydrogen-bond acceptors (Lipinski definition) is 5. The molecule has 0 fully saturated rings. The number of carbonyl (C=O) groups is 2. The van der Waals surface area contributed by atoms with E-state index in [1.807, 2.05) is 18.5 Å². The minimum atomic E-state index is -0.457. The number of methoxy groups -OCH3 is 1. The highest BCUT2D eigenvalue weighted by Gasteiger charge is 2.16. The zero-order valence-electron chi connectivity index (χ0n) is 15.1. The van der Waals surface area contributed by atoms with Crippen molar-refractivity contribution in [3.8, 4) is 0 Å². The van der Waals surface area contributed by atoms with Crippen molar-refractivity contribution >= 4 is 28.6 Å². The van der Waals surface area contributed by atoms with E-state index in [9.17, 15) is 9.59 Å². The summed E-state index contributed by atoms with van der Waals surface area (Å²) in [6, 6.07) is 8.55. The summed E-state index contributed by atoms with van der Waals surface area (Å²) in [6.07, 6.45) is 1.70. The van der Waals surface area contributed by atoms with Crippen LogP contribution in [0.2, 0.25) is 0 Å². The van der Waals surface area contributed by atoms with Gasteiger partial charge in [0, 0.05) is 17.1 Å². The number of fused-ring (bicyclic) bond motifs is 1. The largest absolute Gasteiger partial charge is 0.465 e. The van der Waals surface area contributed by atoms with E-state index < -0.39 is 5.97 Å². The van der Waals surface area contributed by atoms with Crippen molar-refractivity contribution in [2.45, 2.75) is 26.8 Å². The van der Waals surface area contributed by atoms with E-state index in [0.29, 0.717) is 22.5 Å². The van der Waals surface area contributed by atoms with Crippen LogP contribution in [0.15, 0.2) is 36.5 Å². The fourth-order valence-electron chi connectivity index (χ4n) is 2.71. The lowest BCUT2D eigenvalue weighted by Gasteiger charge is -2.10. The average Bonchev–Trinajstić information content (AvgIpc) is 3.03. The van der Waals surface area contributed by atoms with E-state index in [1.54, 1.807) is 43.5 Å². The number of amides is 1. The molecular weight excluding hydrogens is 332 g/mol. The first kappa shape index (κ1) is 17.6. The Morgan fingerprint density at radius 3 is 2.69 bits per heavy atom. The van der Waals surface area contributed by atoms with E-state index in [1.165, 1.54) is 7.11 Å². The third kappa shape index (κ3) is 3.28. The van der Waals surface area contributed by atoms with Gasteiger partial charge in [-0.3, -0.25) is 4.79 Å². The molecule has 0 saturated carbocycles. The number of pyridine rings is 1. The third-order valence-electron chi connectivity index (χ3n) is 4.03. The Morgan fingerprint density at radius 2 is 2.00 bits per heavy atom. The summed E-state index contributed by atoms with van der Waals surface area (Å²) in [5, 5.41) is 7.93. The molecule has 1 aromatic carbocycles. The summed E-state index contributed by atoms with van der Waals surface area (Å²) in [6.45, 7) is 5.84. The van der Waals surface area contributed by atoms with Crippen molar-refractivity contribution in [3.63, 3.8) is 0 Å². The maximum absolute atomic E-state index is 12.7. The molecule has 0 aliphatic rings. The molecule has 0 saturated heterocycles. The van der Waals surface area contributed by atoms with Gasteiger partial charge in [0.2, 0.25) is 0 Å². The Hall–Kier alpha value is -3.22. The highest BCUT2D eigenvalue weighted by Crippen LogP contribution is 2.20. The Kier molecular flexibility index (Phi) is 4.71. The van der Waals surface area contributed by atoms with Crippen LogP contribution in [0.5, 0.6) is 0 Å². The number of nitrogens with one attached hydrogen (secondary N) is 1. The zero-order chi connectivity index (χ0) is 18.8. The Bertz CT molecular complexity index is 992. The van der Waals surface area contributed by atoms with Crippen molar-refractivity contribution in [2.75, 3.05) is 12.4 Å². The molecule has 3 aromatic rings. The van der Waals surface area contributed by atoms with Gasteiger partial charge in [-0.15, -0.1) is 0 Å². The normalized spacial score (nSPS) is 11.0. The van der Waals surface area contributed by atoms with Gasteiger partial charge < -0.3 is 10.1 Å². The fourth-order valence-corrected chi connectivity index (χ4v) is 2.71. The zero-order valence-corrected chi connectivity index (χ0v) is 15.1. The quantitative estimate of drug-likeness (QED) is 0.728. The lowest BCUT2D eigenvalue weighted by molar-refractivity contribution is 0.0600. The van der Waals surface area contributed by atoms with Crippen LogP contribution in [0.1, 0.15) is 46.3 Å². The van der Waals surface area contributed by atoms with Crippen LogP contribution < -0.4 is 5.32 Å². The van der Waals surface area contributed by atoms with Gasteiger partial charge in [0.25, 0.3) is 5.91 Å². The second-order valence-electron chi connectivity index (χ2n) is 6.24. The van der Waals surface area contributed by atoms with Crippen molar-refractivity contribution in [1.82, 2.24) is 14.8 Å². The molecule has 3 rings (SSSR count). The summed E-state index contributed by atoms with van der Waals surface area (Å²) in [5.74, 6) is -0.752.